The zero-order valence-corrected chi connectivity index (χ0v) is 10.5. The number of hydrogen-bond acceptors (Lipinski definition) is 4. The molecule has 1 aromatic carbocycles. The number of nitro benzene ring substituents is 1. The van der Waals surface area contributed by atoms with Crippen molar-refractivity contribution in [1.29, 1.82) is 0 Å². The number of H-pyrrole nitrogens is 1. The molecule has 0 radical (unpaired) electrons. The van der Waals surface area contributed by atoms with Crippen LogP contribution in [0.5, 0.6) is 0 Å². The van der Waals surface area contributed by atoms with E-state index in [2.05, 4.69) is 15.3 Å². The fourth-order valence-corrected chi connectivity index (χ4v) is 1.71. The summed E-state index contributed by atoms with van der Waals surface area (Å²) in [4.78, 5) is 28.9. The average Bonchev–Trinajstić information content (AvgIpc) is 2.92. The molecule has 0 fully saturated rings. The Balaban J connectivity index is 2.25. The predicted octanol–water partition coefficient (Wildman–Crippen LogP) is 1.95. The van der Waals surface area contributed by atoms with Crippen LogP contribution in [0.1, 0.15) is 29.1 Å². The highest BCUT2D eigenvalue weighted by molar-refractivity contribution is 5.98. The summed E-state index contributed by atoms with van der Waals surface area (Å²) in [5.74, 6) is -0.955. The number of carbonyl (C=O) groups is 1. The molecule has 0 aliphatic rings. The van der Waals surface area contributed by atoms with Crippen molar-refractivity contribution in [2.75, 3.05) is 0 Å². The number of rotatable bonds is 4. The molecule has 0 saturated carbocycles. The van der Waals surface area contributed by atoms with Crippen molar-refractivity contribution in [3.63, 3.8) is 0 Å². The Hall–Kier alpha value is -2.77. The van der Waals surface area contributed by atoms with Gasteiger partial charge in [0.1, 0.15) is 17.2 Å². The third kappa shape index (κ3) is 2.79. The van der Waals surface area contributed by atoms with Crippen LogP contribution in [-0.2, 0) is 0 Å². The molecule has 104 valence electrons. The van der Waals surface area contributed by atoms with Crippen LogP contribution in [0.2, 0.25) is 0 Å². The third-order valence-electron chi connectivity index (χ3n) is 2.68. The number of nitrogens with zero attached hydrogens (tertiary/aromatic N) is 2. The molecule has 1 aromatic heterocycles. The van der Waals surface area contributed by atoms with Gasteiger partial charge in [0.15, 0.2) is 0 Å². The van der Waals surface area contributed by atoms with Gasteiger partial charge >= 0.3 is 0 Å². The highest BCUT2D eigenvalue weighted by atomic mass is 19.1. The van der Waals surface area contributed by atoms with Crippen molar-refractivity contribution in [1.82, 2.24) is 15.3 Å². The zero-order valence-electron chi connectivity index (χ0n) is 10.5. The van der Waals surface area contributed by atoms with Crippen molar-refractivity contribution < 1.29 is 14.1 Å². The fraction of sp³-hybridized carbons (Fsp3) is 0.167. The molecule has 0 spiro atoms. The van der Waals surface area contributed by atoms with Crippen LogP contribution < -0.4 is 5.32 Å². The Kier molecular flexibility index (Phi) is 3.74. The van der Waals surface area contributed by atoms with Crippen molar-refractivity contribution in [2.24, 2.45) is 0 Å². The first kappa shape index (κ1) is 13.7. The van der Waals surface area contributed by atoms with E-state index in [0.717, 1.165) is 18.2 Å². The van der Waals surface area contributed by atoms with Crippen molar-refractivity contribution in [2.45, 2.75) is 13.0 Å². The molecule has 0 saturated heterocycles. The normalized spacial score (nSPS) is 11.9. The molecule has 8 heteroatoms. The number of hydrogen-bond donors (Lipinski definition) is 2. The number of amides is 1. The van der Waals surface area contributed by atoms with Gasteiger partial charge in [0.25, 0.3) is 11.6 Å². The first-order valence-corrected chi connectivity index (χ1v) is 5.73. The van der Waals surface area contributed by atoms with Crippen LogP contribution in [0.3, 0.4) is 0 Å². The van der Waals surface area contributed by atoms with Crippen molar-refractivity contribution in [3.05, 3.63) is 57.9 Å². The van der Waals surface area contributed by atoms with E-state index < -0.39 is 28.4 Å². The highest BCUT2D eigenvalue weighted by Crippen LogP contribution is 2.20. The standard InChI is InChI=1S/C12H11FN4O3/c1-7(11-14-4-5-15-11)16-12(18)9-6-8(13)2-3-10(9)17(19)20/h2-7H,1H3,(H,14,15)(H,16,18). The third-order valence-corrected chi connectivity index (χ3v) is 2.68. The van der Waals surface area contributed by atoms with E-state index in [1.54, 1.807) is 13.1 Å². The van der Waals surface area contributed by atoms with Gasteiger partial charge in [-0.05, 0) is 19.1 Å². The minimum Gasteiger partial charge on any atom is -0.347 e. The molecule has 1 unspecified atom stereocenters. The Morgan fingerprint density at radius 1 is 1.55 bits per heavy atom. The van der Waals surface area contributed by atoms with E-state index in [4.69, 9.17) is 0 Å². The molecule has 0 aliphatic carbocycles. The Morgan fingerprint density at radius 2 is 2.30 bits per heavy atom. The molecule has 1 amide bonds. The lowest BCUT2D eigenvalue weighted by Gasteiger charge is -2.11. The van der Waals surface area contributed by atoms with E-state index in [-0.39, 0.29) is 5.56 Å². The van der Waals surface area contributed by atoms with E-state index in [0.29, 0.717) is 5.82 Å². The van der Waals surface area contributed by atoms with Crippen LogP contribution in [0.4, 0.5) is 10.1 Å². The second kappa shape index (κ2) is 5.47. The van der Waals surface area contributed by atoms with Gasteiger partial charge in [0.2, 0.25) is 0 Å². The molecule has 20 heavy (non-hydrogen) atoms. The molecule has 1 atom stereocenters. The van der Waals surface area contributed by atoms with Crippen LogP contribution in [0.15, 0.2) is 30.6 Å². The summed E-state index contributed by atoms with van der Waals surface area (Å²) in [7, 11) is 0. The molecular formula is C12H11FN4O3. The monoisotopic (exact) mass is 278 g/mol. The van der Waals surface area contributed by atoms with Gasteiger partial charge in [-0.3, -0.25) is 14.9 Å². The number of aromatic nitrogens is 2. The number of imidazole rings is 1. The van der Waals surface area contributed by atoms with Gasteiger partial charge in [0.05, 0.1) is 11.0 Å². The maximum absolute atomic E-state index is 13.2. The summed E-state index contributed by atoms with van der Waals surface area (Å²) in [6.45, 7) is 1.65. The maximum atomic E-state index is 13.2. The molecule has 2 N–H and O–H groups in total. The number of aromatic amines is 1. The smallest absolute Gasteiger partial charge is 0.282 e. The lowest BCUT2D eigenvalue weighted by molar-refractivity contribution is -0.385. The summed E-state index contributed by atoms with van der Waals surface area (Å²) < 4.78 is 13.2. The summed E-state index contributed by atoms with van der Waals surface area (Å²) in [5, 5.41) is 13.4. The molecule has 1 heterocycles. The quantitative estimate of drug-likeness (QED) is 0.659. The van der Waals surface area contributed by atoms with Gasteiger partial charge in [-0.2, -0.15) is 0 Å². The SMILES string of the molecule is CC(NC(=O)c1cc(F)ccc1[N+](=O)[O-])c1ncc[nH]1. The predicted molar refractivity (Wildman–Crippen MR) is 67.5 cm³/mol. The summed E-state index contributed by atoms with van der Waals surface area (Å²) >= 11 is 0. The largest absolute Gasteiger partial charge is 0.347 e. The minimum atomic E-state index is -0.736. The highest BCUT2D eigenvalue weighted by Gasteiger charge is 2.22. The van der Waals surface area contributed by atoms with Gasteiger partial charge < -0.3 is 10.3 Å². The number of carbonyl (C=O) groups excluding carboxylic acids is 1. The number of nitrogens with one attached hydrogen (secondary N) is 2. The summed E-state index contributed by atoms with van der Waals surface area (Å²) in [5.41, 5.74) is -0.774. The van der Waals surface area contributed by atoms with E-state index in [9.17, 15) is 19.3 Å². The first-order valence-electron chi connectivity index (χ1n) is 5.73. The Bertz CT molecular complexity index is 642. The lowest BCUT2D eigenvalue weighted by Crippen LogP contribution is -2.28. The van der Waals surface area contributed by atoms with Gasteiger partial charge in [-0.25, -0.2) is 9.37 Å². The van der Waals surface area contributed by atoms with Gasteiger partial charge in [0, 0.05) is 18.5 Å². The van der Waals surface area contributed by atoms with Crippen LogP contribution in [0.25, 0.3) is 0 Å². The number of benzene rings is 1. The first-order chi connectivity index (χ1) is 9.49. The van der Waals surface area contributed by atoms with Crippen LogP contribution in [-0.4, -0.2) is 20.8 Å². The van der Waals surface area contributed by atoms with Crippen LogP contribution in [0, 0.1) is 15.9 Å². The maximum Gasteiger partial charge on any atom is 0.282 e. The van der Waals surface area contributed by atoms with Crippen molar-refractivity contribution >= 4 is 11.6 Å². The average molecular weight is 278 g/mol. The second-order valence-corrected chi connectivity index (χ2v) is 4.09. The minimum absolute atomic E-state index is 0.326. The van der Waals surface area contributed by atoms with E-state index >= 15 is 0 Å². The number of halogens is 1. The Morgan fingerprint density at radius 3 is 2.90 bits per heavy atom. The van der Waals surface area contributed by atoms with Gasteiger partial charge in [-0.15, -0.1) is 0 Å². The summed E-state index contributed by atoms with van der Waals surface area (Å²) in [6.07, 6.45) is 3.10. The summed E-state index contributed by atoms with van der Waals surface area (Å²) in [6, 6.07) is 2.25. The lowest BCUT2D eigenvalue weighted by atomic mass is 10.1. The molecular weight excluding hydrogens is 267 g/mol. The number of nitro groups is 1. The molecule has 2 rings (SSSR count). The second-order valence-electron chi connectivity index (χ2n) is 4.09. The van der Waals surface area contributed by atoms with E-state index in [1.807, 2.05) is 0 Å². The molecule has 2 aromatic rings. The zero-order chi connectivity index (χ0) is 14.7. The van der Waals surface area contributed by atoms with Gasteiger partial charge in [-0.1, -0.05) is 0 Å². The topological polar surface area (TPSA) is 101 Å². The van der Waals surface area contributed by atoms with E-state index in [1.165, 1.54) is 6.20 Å². The Labute approximate surface area is 113 Å². The molecule has 0 bridgehead atoms. The fourth-order valence-electron chi connectivity index (χ4n) is 1.71. The molecule has 0 aliphatic heterocycles. The van der Waals surface area contributed by atoms with Crippen LogP contribution >= 0.6 is 0 Å². The van der Waals surface area contributed by atoms with Crippen molar-refractivity contribution in [3.8, 4) is 0 Å². The molecule has 7 nitrogen and oxygen atoms in total.